The van der Waals surface area contributed by atoms with Crippen molar-refractivity contribution in [3.8, 4) is 0 Å². The smallest absolute Gasteiger partial charge is 0.00936 e. The Morgan fingerprint density at radius 1 is 1.10 bits per heavy atom. The van der Waals surface area contributed by atoms with Gasteiger partial charge in [0.1, 0.15) is 0 Å². The highest BCUT2D eigenvalue weighted by Crippen LogP contribution is 2.65. The van der Waals surface area contributed by atoms with Gasteiger partial charge in [-0.2, -0.15) is 0 Å². The van der Waals surface area contributed by atoms with Gasteiger partial charge in [0.05, 0.1) is 0 Å². The molecule has 3 fully saturated rings. The van der Waals surface area contributed by atoms with Crippen molar-refractivity contribution in [2.24, 2.45) is 28.6 Å². The average Bonchev–Trinajstić information content (AvgIpc) is 2.83. The van der Waals surface area contributed by atoms with E-state index in [-0.39, 0.29) is 0 Å². The number of hydrogen-bond donors (Lipinski definition) is 0. The summed E-state index contributed by atoms with van der Waals surface area (Å²) in [6, 6.07) is 0. The largest absolute Gasteiger partial charge is 0.0879 e. The van der Waals surface area contributed by atoms with Gasteiger partial charge in [0.25, 0.3) is 0 Å². The number of hydrogen-bond acceptors (Lipinski definition) is 0. The molecule has 0 aromatic rings. The van der Waals surface area contributed by atoms with Crippen LogP contribution in [0.1, 0.15) is 65.7 Å². The van der Waals surface area contributed by atoms with Crippen LogP contribution in [-0.2, 0) is 0 Å². The minimum Gasteiger partial charge on any atom is -0.0879 e. The Kier molecular flexibility index (Phi) is 3.04. The maximum Gasteiger partial charge on any atom is 0.00936 e. The van der Waals surface area contributed by atoms with Crippen molar-refractivity contribution in [3.05, 3.63) is 35.5 Å². The summed E-state index contributed by atoms with van der Waals surface area (Å²) in [6.07, 6.45) is 19.7. The molecule has 21 heavy (non-hydrogen) atoms. The van der Waals surface area contributed by atoms with E-state index in [1.165, 1.54) is 44.9 Å². The molecule has 0 heterocycles. The van der Waals surface area contributed by atoms with Gasteiger partial charge in [-0.25, -0.2) is 0 Å². The Labute approximate surface area is 130 Å². The number of rotatable bonds is 0. The molecule has 5 atom stereocenters. The van der Waals surface area contributed by atoms with Crippen LogP contribution in [0, 0.1) is 28.6 Å². The van der Waals surface area contributed by atoms with E-state index in [0.29, 0.717) is 10.8 Å². The average molecular weight is 282 g/mol. The fraction of sp³-hybridized carbons (Fsp3) is 0.714. The molecule has 0 saturated heterocycles. The highest BCUT2D eigenvalue weighted by Gasteiger charge is 2.56. The van der Waals surface area contributed by atoms with Crippen molar-refractivity contribution >= 4 is 0 Å². The molecular formula is C21H30. The Hall–Kier alpha value is -0.780. The van der Waals surface area contributed by atoms with Gasteiger partial charge >= 0.3 is 0 Å². The summed E-state index contributed by atoms with van der Waals surface area (Å²) < 4.78 is 0. The maximum atomic E-state index is 2.58. The summed E-state index contributed by atoms with van der Waals surface area (Å²) in [5.74, 6) is 2.82. The summed E-state index contributed by atoms with van der Waals surface area (Å²) in [5.41, 5.74) is 4.46. The first-order chi connectivity index (χ1) is 10.1. The van der Waals surface area contributed by atoms with Crippen molar-refractivity contribution in [3.63, 3.8) is 0 Å². The molecule has 0 bridgehead atoms. The third kappa shape index (κ3) is 1.74. The molecule has 4 aliphatic rings. The summed E-state index contributed by atoms with van der Waals surface area (Å²) in [4.78, 5) is 0. The second-order valence-corrected chi connectivity index (χ2v) is 8.37. The van der Waals surface area contributed by atoms with Crippen molar-refractivity contribution in [1.82, 2.24) is 0 Å². The molecule has 3 saturated carbocycles. The van der Waals surface area contributed by atoms with Crippen molar-refractivity contribution in [2.75, 3.05) is 0 Å². The summed E-state index contributed by atoms with van der Waals surface area (Å²) in [6.45, 7) is 7.39. The molecule has 4 aliphatic carbocycles. The van der Waals surface area contributed by atoms with Crippen LogP contribution >= 0.6 is 0 Å². The summed E-state index contributed by atoms with van der Waals surface area (Å²) >= 11 is 0. The predicted molar refractivity (Wildman–Crippen MR) is 90.0 cm³/mol. The first-order valence-electron chi connectivity index (χ1n) is 9.12. The fourth-order valence-electron chi connectivity index (χ4n) is 6.66. The van der Waals surface area contributed by atoms with Crippen LogP contribution in [0.5, 0.6) is 0 Å². The SMILES string of the molecule is CC=C1CC[C@H]2[C@@H]3CCC4=CCC=C[C@]4(C)[C@H]3CC[C@]12C. The second-order valence-electron chi connectivity index (χ2n) is 8.37. The van der Waals surface area contributed by atoms with E-state index in [0.717, 1.165) is 17.8 Å². The topological polar surface area (TPSA) is 0 Å². The Morgan fingerprint density at radius 3 is 2.76 bits per heavy atom. The lowest BCUT2D eigenvalue weighted by molar-refractivity contribution is -0.00247. The van der Waals surface area contributed by atoms with Crippen LogP contribution < -0.4 is 0 Å². The van der Waals surface area contributed by atoms with E-state index < -0.39 is 0 Å². The Balaban J connectivity index is 1.71. The van der Waals surface area contributed by atoms with Crippen LogP contribution in [0.3, 0.4) is 0 Å². The monoisotopic (exact) mass is 282 g/mol. The fourth-order valence-corrected chi connectivity index (χ4v) is 6.66. The molecule has 0 radical (unpaired) electrons. The standard InChI is InChI=1S/C21H30/c1-4-15-9-11-18-17-10-8-16-7-5-6-13-20(16,2)19(17)12-14-21(15,18)3/h4,6-7,13,17-19H,5,8-12,14H2,1-3H3/t17-,18-,19-,20-,21+/m0/s1. The molecule has 0 aromatic heterocycles. The predicted octanol–water partition coefficient (Wildman–Crippen LogP) is 6.06. The first kappa shape index (κ1) is 13.9. The van der Waals surface area contributed by atoms with E-state index in [2.05, 4.69) is 45.1 Å². The van der Waals surface area contributed by atoms with Gasteiger partial charge in [0, 0.05) is 5.41 Å². The molecule has 0 N–H and O–H groups in total. The second kappa shape index (κ2) is 4.61. The van der Waals surface area contributed by atoms with E-state index in [4.69, 9.17) is 0 Å². The third-order valence-electron chi connectivity index (χ3n) is 7.81. The third-order valence-corrected chi connectivity index (χ3v) is 7.81. The molecule has 0 nitrogen and oxygen atoms in total. The summed E-state index contributed by atoms with van der Waals surface area (Å²) in [7, 11) is 0. The van der Waals surface area contributed by atoms with Gasteiger partial charge in [-0.15, -0.1) is 0 Å². The zero-order valence-electron chi connectivity index (χ0n) is 14.0. The highest BCUT2D eigenvalue weighted by molar-refractivity contribution is 5.33. The first-order valence-corrected chi connectivity index (χ1v) is 9.12. The van der Waals surface area contributed by atoms with Gasteiger partial charge in [-0.3, -0.25) is 0 Å². The Bertz CT molecular complexity index is 534. The van der Waals surface area contributed by atoms with Crippen LogP contribution in [-0.4, -0.2) is 0 Å². The van der Waals surface area contributed by atoms with Gasteiger partial charge < -0.3 is 0 Å². The number of allylic oxidation sites excluding steroid dienone is 6. The van der Waals surface area contributed by atoms with Crippen molar-refractivity contribution in [2.45, 2.75) is 65.7 Å². The lowest BCUT2D eigenvalue weighted by Gasteiger charge is -2.56. The van der Waals surface area contributed by atoms with Gasteiger partial charge in [0.2, 0.25) is 0 Å². The van der Waals surface area contributed by atoms with Crippen LogP contribution in [0.2, 0.25) is 0 Å². The Morgan fingerprint density at radius 2 is 1.95 bits per heavy atom. The minimum absolute atomic E-state index is 0.390. The maximum absolute atomic E-state index is 2.58. The molecule has 114 valence electrons. The molecule has 0 aromatic carbocycles. The van der Waals surface area contributed by atoms with Gasteiger partial charge in [-0.1, -0.05) is 49.3 Å². The molecule has 4 rings (SSSR count). The molecule has 0 amide bonds. The molecular weight excluding hydrogens is 252 g/mol. The molecule has 0 unspecified atom stereocenters. The van der Waals surface area contributed by atoms with Gasteiger partial charge in [-0.05, 0) is 75.0 Å². The zero-order chi connectivity index (χ0) is 14.7. The summed E-state index contributed by atoms with van der Waals surface area (Å²) in [5, 5.41) is 0. The van der Waals surface area contributed by atoms with E-state index in [1.54, 1.807) is 11.1 Å². The lowest BCUT2D eigenvalue weighted by atomic mass is 9.48. The van der Waals surface area contributed by atoms with E-state index in [9.17, 15) is 0 Å². The minimum atomic E-state index is 0.390. The van der Waals surface area contributed by atoms with Crippen LogP contribution in [0.4, 0.5) is 0 Å². The van der Waals surface area contributed by atoms with E-state index >= 15 is 0 Å². The zero-order valence-corrected chi connectivity index (χ0v) is 14.0. The van der Waals surface area contributed by atoms with Crippen molar-refractivity contribution in [1.29, 1.82) is 0 Å². The molecule has 0 heteroatoms. The quantitative estimate of drug-likeness (QED) is 0.474. The number of fused-ring (bicyclic) bond motifs is 5. The lowest BCUT2D eigenvalue weighted by Crippen LogP contribution is -2.48. The van der Waals surface area contributed by atoms with Crippen LogP contribution in [0.25, 0.3) is 0 Å². The highest BCUT2D eigenvalue weighted by atomic mass is 14.6. The van der Waals surface area contributed by atoms with E-state index in [1.807, 2.05) is 0 Å². The van der Waals surface area contributed by atoms with Crippen LogP contribution in [0.15, 0.2) is 35.5 Å². The van der Waals surface area contributed by atoms with Crippen molar-refractivity contribution < 1.29 is 0 Å². The normalized spacial score (nSPS) is 50.3. The van der Waals surface area contributed by atoms with Gasteiger partial charge in [0.15, 0.2) is 0 Å². The molecule has 0 aliphatic heterocycles. The molecule has 0 spiro atoms.